The maximum atomic E-state index is 5.09. The van der Waals surface area contributed by atoms with Crippen molar-refractivity contribution in [1.29, 1.82) is 0 Å². The van der Waals surface area contributed by atoms with E-state index in [0.717, 1.165) is 31.8 Å². The molecule has 0 bridgehead atoms. The third-order valence-electron chi connectivity index (χ3n) is 1.93. The molecular formula is C9H17N5S. The van der Waals surface area contributed by atoms with E-state index in [9.17, 15) is 0 Å². The molecule has 15 heavy (non-hydrogen) atoms. The molecule has 0 saturated heterocycles. The van der Waals surface area contributed by atoms with Gasteiger partial charge in [-0.05, 0) is 18.6 Å². The summed E-state index contributed by atoms with van der Waals surface area (Å²) in [7, 11) is 0. The minimum absolute atomic E-state index is 0.711. The number of unbranched alkanes of at least 4 members (excludes halogenated alkanes) is 1. The van der Waals surface area contributed by atoms with Crippen LogP contribution in [0.4, 0.5) is 0 Å². The molecule has 84 valence electrons. The van der Waals surface area contributed by atoms with Crippen molar-refractivity contribution in [3.8, 4) is 0 Å². The Morgan fingerprint density at radius 1 is 1.47 bits per heavy atom. The summed E-state index contributed by atoms with van der Waals surface area (Å²) in [5, 5.41) is 13.5. The highest BCUT2D eigenvalue weighted by atomic mass is 32.1. The summed E-state index contributed by atoms with van der Waals surface area (Å²) < 4.78 is 0. The molecule has 0 aliphatic heterocycles. The van der Waals surface area contributed by atoms with Gasteiger partial charge in [0.2, 0.25) is 0 Å². The SMILES string of the molecule is CCCCNC(=S)NCCc1ncn[nH]1. The molecule has 0 saturated carbocycles. The molecule has 0 aromatic carbocycles. The van der Waals surface area contributed by atoms with Crippen LogP contribution in [-0.2, 0) is 6.42 Å². The largest absolute Gasteiger partial charge is 0.363 e. The summed E-state index contributed by atoms with van der Waals surface area (Å²) in [5.41, 5.74) is 0. The predicted molar refractivity (Wildman–Crippen MR) is 63.6 cm³/mol. The van der Waals surface area contributed by atoms with E-state index in [4.69, 9.17) is 12.2 Å². The first-order valence-electron chi connectivity index (χ1n) is 5.19. The monoisotopic (exact) mass is 227 g/mol. The minimum atomic E-state index is 0.711. The molecule has 3 N–H and O–H groups in total. The number of thiocarbonyl (C=S) groups is 1. The molecule has 1 heterocycles. The smallest absolute Gasteiger partial charge is 0.166 e. The fraction of sp³-hybridized carbons (Fsp3) is 0.667. The summed E-state index contributed by atoms with van der Waals surface area (Å²) in [5.74, 6) is 0.874. The van der Waals surface area contributed by atoms with Crippen molar-refractivity contribution < 1.29 is 0 Å². The number of H-pyrrole nitrogens is 1. The van der Waals surface area contributed by atoms with Crippen molar-refractivity contribution in [3.05, 3.63) is 12.2 Å². The van der Waals surface area contributed by atoms with Gasteiger partial charge in [-0.1, -0.05) is 13.3 Å². The van der Waals surface area contributed by atoms with Crippen LogP contribution in [0.5, 0.6) is 0 Å². The third-order valence-corrected chi connectivity index (χ3v) is 2.22. The van der Waals surface area contributed by atoms with Crippen LogP contribution < -0.4 is 10.6 Å². The van der Waals surface area contributed by atoms with Crippen LogP contribution in [0.25, 0.3) is 0 Å². The summed E-state index contributed by atoms with van der Waals surface area (Å²) in [6.07, 6.45) is 4.63. The van der Waals surface area contributed by atoms with E-state index >= 15 is 0 Å². The zero-order chi connectivity index (χ0) is 10.9. The maximum Gasteiger partial charge on any atom is 0.166 e. The molecule has 0 aliphatic carbocycles. The second kappa shape index (κ2) is 7.17. The van der Waals surface area contributed by atoms with E-state index in [2.05, 4.69) is 32.7 Å². The van der Waals surface area contributed by atoms with Crippen LogP contribution >= 0.6 is 12.2 Å². The maximum absolute atomic E-state index is 5.09. The molecule has 5 nitrogen and oxygen atoms in total. The lowest BCUT2D eigenvalue weighted by Gasteiger charge is -2.08. The van der Waals surface area contributed by atoms with Crippen molar-refractivity contribution in [2.45, 2.75) is 26.2 Å². The normalized spacial score (nSPS) is 9.93. The molecule has 1 aromatic heterocycles. The third kappa shape index (κ3) is 5.31. The van der Waals surface area contributed by atoms with E-state index in [1.807, 2.05) is 0 Å². The van der Waals surface area contributed by atoms with Gasteiger partial charge in [-0.15, -0.1) is 0 Å². The highest BCUT2D eigenvalue weighted by molar-refractivity contribution is 7.80. The van der Waals surface area contributed by atoms with Crippen LogP contribution in [0.15, 0.2) is 6.33 Å². The minimum Gasteiger partial charge on any atom is -0.363 e. The van der Waals surface area contributed by atoms with Crippen LogP contribution in [0.1, 0.15) is 25.6 Å². The average molecular weight is 227 g/mol. The lowest BCUT2D eigenvalue weighted by Crippen LogP contribution is -2.36. The Balaban J connectivity index is 2.02. The van der Waals surface area contributed by atoms with Crippen molar-refractivity contribution in [2.24, 2.45) is 0 Å². The average Bonchev–Trinajstić information content (AvgIpc) is 2.71. The standard InChI is InChI=1S/C9H17N5S/c1-2-3-5-10-9(15)11-6-4-8-12-7-13-14-8/h7H,2-6H2,1H3,(H2,10,11,15)(H,12,13,14). The molecule has 0 amide bonds. The fourth-order valence-electron chi connectivity index (χ4n) is 1.09. The van der Waals surface area contributed by atoms with Gasteiger partial charge in [0.05, 0.1) is 0 Å². The van der Waals surface area contributed by atoms with Crippen molar-refractivity contribution in [2.75, 3.05) is 13.1 Å². The zero-order valence-corrected chi connectivity index (χ0v) is 9.73. The summed E-state index contributed by atoms with van der Waals surface area (Å²) in [6, 6.07) is 0. The number of aromatic amines is 1. The van der Waals surface area contributed by atoms with Gasteiger partial charge in [0.1, 0.15) is 12.2 Å². The molecule has 1 rings (SSSR count). The number of nitrogens with one attached hydrogen (secondary N) is 3. The molecule has 0 spiro atoms. The van der Waals surface area contributed by atoms with Crippen LogP contribution in [-0.4, -0.2) is 33.4 Å². The Hall–Kier alpha value is -1.17. The topological polar surface area (TPSA) is 65.6 Å². The molecule has 6 heteroatoms. The quantitative estimate of drug-likeness (QED) is 0.491. The van der Waals surface area contributed by atoms with Gasteiger partial charge in [0.15, 0.2) is 5.11 Å². The molecule has 0 fully saturated rings. The van der Waals surface area contributed by atoms with E-state index in [1.165, 1.54) is 12.7 Å². The van der Waals surface area contributed by atoms with Gasteiger partial charge in [-0.25, -0.2) is 4.98 Å². The first-order chi connectivity index (χ1) is 7.33. The first-order valence-corrected chi connectivity index (χ1v) is 5.59. The van der Waals surface area contributed by atoms with Crippen molar-refractivity contribution in [1.82, 2.24) is 25.8 Å². The number of nitrogens with zero attached hydrogens (tertiary/aromatic N) is 2. The molecular weight excluding hydrogens is 210 g/mol. The van der Waals surface area contributed by atoms with E-state index in [1.54, 1.807) is 0 Å². The van der Waals surface area contributed by atoms with Gasteiger partial charge < -0.3 is 10.6 Å². The van der Waals surface area contributed by atoms with E-state index < -0.39 is 0 Å². The fourth-order valence-corrected chi connectivity index (χ4v) is 1.29. The van der Waals surface area contributed by atoms with Crippen LogP contribution in [0.3, 0.4) is 0 Å². The Bertz CT molecular complexity index is 272. The van der Waals surface area contributed by atoms with E-state index in [-0.39, 0.29) is 0 Å². The Morgan fingerprint density at radius 2 is 2.27 bits per heavy atom. The molecule has 0 atom stereocenters. The lowest BCUT2D eigenvalue weighted by molar-refractivity contribution is 0.732. The summed E-state index contributed by atoms with van der Waals surface area (Å²) in [4.78, 5) is 4.02. The summed E-state index contributed by atoms with van der Waals surface area (Å²) >= 11 is 5.09. The van der Waals surface area contributed by atoms with Crippen molar-refractivity contribution in [3.63, 3.8) is 0 Å². The van der Waals surface area contributed by atoms with Gasteiger partial charge in [-0.2, -0.15) is 5.10 Å². The van der Waals surface area contributed by atoms with Gasteiger partial charge in [0, 0.05) is 19.5 Å². The molecule has 1 aromatic rings. The Morgan fingerprint density at radius 3 is 2.93 bits per heavy atom. The van der Waals surface area contributed by atoms with Gasteiger partial charge >= 0.3 is 0 Å². The highest BCUT2D eigenvalue weighted by Gasteiger charge is 1.96. The number of hydrogen-bond acceptors (Lipinski definition) is 3. The molecule has 0 unspecified atom stereocenters. The first kappa shape index (κ1) is 11.9. The second-order valence-electron chi connectivity index (χ2n) is 3.22. The van der Waals surface area contributed by atoms with Crippen molar-refractivity contribution >= 4 is 17.3 Å². The highest BCUT2D eigenvalue weighted by Crippen LogP contribution is 1.86. The number of hydrogen-bond donors (Lipinski definition) is 3. The lowest BCUT2D eigenvalue weighted by atomic mass is 10.3. The Labute approximate surface area is 95.1 Å². The molecule has 0 aliphatic rings. The predicted octanol–water partition coefficient (Wildman–Crippen LogP) is 0.611. The molecule has 0 radical (unpaired) electrons. The van der Waals surface area contributed by atoms with Gasteiger partial charge in [-0.3, -0.25) is 5.10 Å². The number of aromatic nitrogens is 3. The summed E-state index contributed by atoms with van der Waals surface area (Å²) in [6.45, 7) is 3.86. The Kier molecular flexibility index (Phi) is 5.69. The van der Waals surface area contributed by atoms with Crippen LogP contribution in [0.2, 0.25) is 0 Å². The zero-order valence-electron chi connectivity index (χ0n) is 8.92. The van der Waals surface area contributed by atoms with Crippen LogP contribution in [0, 0.1) is 0 Å². The number of rotatable bonds is 6. The van der Waals surface area contributed by atoms with Gasteiger partial charge in [0.25, 0.3) is 0 Å². The van der Waals surface area contributed by atoms with E-state index in [0.29, 0.717) is 5.11 Å². The second-order valence-corrected chi connectivity index (χ2v) is 3.63.